The highest BCUT2D eigenvalue weighted by Gasteiger charge is 2.26. The predicted molar refractivity (Wildman–Crippen MR) is 138 cm³/mol. The van der Waals surface area contributed by atoms with E-state index in [1.54, 1.807) is 4.52 Å². The smallest absolute Gasteiger partial charge is 0.223 e. The first-order valence-corrected chi connectivity index (χ1v) is 12.9. The first kappa shape index (κ1) is 23.8. The van der Waals surface area contributed by atoms with Crippen LogP contribution in [0.4, 0.5) is 11.5 Å². The fourth-order valence-corrected chi connectivity index (χ4v) is 5.17. The number of amides is 1. The minimum absolute atomic E-state index is 0.0767. The SMILES string of the molecule is Cc1nnc2ccc(N3CCC(C(=O)NCCCN4CCN(c5cccc(Cl)c5)CC4)CC3)nn12. The number of hydrogen-bond acceptors (Lipinski definition) is 7. The lowest BCUT2D eigenvalue weighted by molar-refractivity contribution is -0.125. The van der Waals surface area contributed by atoms with Gasteiger partial charge in [0.2, 0.25) is 5.91 Å². The molecule has 3 aromatic rings. The lowest BCUT2D eigenvalue weighted by Crippen LogP contribution is -2.47. The number of rotatable bonds is 7. The van der Waals surface area contributed by atoms with Crippen molar-refractivity contribution in [3.05, 3.63) is 47.2 Å². The summed E-state index contributed by atoms with van der Waals surface area (Å²) in [5.74, 6) is 1.95. The molecule has 2 aliphatic rings. The van der Waals surface area contributed by atoms with E-state index >= 15 is 0 Å². The van der Waals surface area contributed by atoms with Gasteiger partial charge in [0.1, 0.15) is 5.82 Å². The second-order valence-electron chi connectivity index (χ2n) is 9.42. The molecule has 4 heterocycles. The number of piperazine rings is 1. The number of hydrogen-bond donors (Lipinski definition) is 1. The molecule has 0 unspecified atom stereocenters. The van der Waals surface area contributed by atoms with Crippen LogP contribution in [0.2, 0.25) is 5.02 Å². The van der Waals surface area contributed by atoms with Gasteiger partial charge in [-0.05, 0) is 63.1 Å². The first-order chi connectivity index (χ1) is 17.1. The zero-order valence-corrected chi connectivity index (χ0v) is 21.0. The molecule has 9 nitrogen and oxygen atoms in total. The molecule has 1 aromatic carbocycles. The van der Waals surface area contributed by atoms with Crippen LogP contribution in [0.3, 0.4) is 0 Å². The molecule has 2 aromatic heterocycles. The maximum absolute atomic E-state index is 12.7. The average molecular weight is 497 g/mol. The lowest BCUT2D eigenvalue weighted by Gasteiger charge is -2.36. The number of halogens is 1. The third-order valence-corrected chi connectivity index (χ3v) is 7.33. The fraction of sp³-hybridized carbons (Fsp3) is 0.520. The molecule has 1 N–H and O–H groups in total. The van der Waals surface area contributed by atoms with E-state index in [1.807, 2.05) is 37.3 Å². The first-order valence-electron chi connectivity index (χ1n) is 12.5. The van der Waals surface area contributed by atoms with Crippen LogP contribution in [0.1, 0.15) is 25.1 Å². The Morgan fingerprint density at radius 3 is 2.60 bits per heavy atom. The Bertz CT molecular complexity index is 1150. The van der Waals surface area contributed by atoms with Crippen LogP contribution in [-0.2, 0) is 4.79 Å². The van der Waals surface area contributed by atoms with Crippen LogP contribution in [0.5, 0.6) is 0 Å². The number of aryl methyl sites for hydroxylation is 1. The van der Waals surface area contributed by atoms with E-state index in [1.165, 1.54) is 5.69 Å². The Balaban J connectivity index is 0.996. The molecule has 5 rings (SSSR count). The third-order valence-electron chi connectivity index (χ3n) is 7.09. The molecule has 0 spiro atoms. The lowest BCUT2D eigenvalue weighted by atomic mass is 9.96. The Morgan fingerprint density at radius 2 is 1.83 bits per heavy atom. The fourth-order valence-electron chi connectivity index (χ4n) is 4.99. The van der Waals surface area contributed by atoms with Gasteiger partial charge in [0.25, 0.3) is 0 Å². The molecule has 0 saturated carbocycles. The molecule has 0 bridgehead atoms. The highest BCUT2D eigenvalue weighted by Crippen LogP contribution is 2.23. The van der Waals surface area contributed by atoms with Gasteiger partial charge in [-0.3, -0.25) is 9.69 Å². The highest BCUT2D eigenvalue weighted by atomic mass is 35.5. The van der Waals surface area contributed by atoms with Gasteiger partial charge in [0, 0.05) is 62.4 Å². The molecular formula is C25H33ClN8O. The molecule has 0 aliphatic carbocycles. The van der Waals surface area contributed by atoms with Crippen LogP contribution in [0.25, 0.3) is 5.65 Å². The number of piperidine rings is 1. The van der Waals surface area contributed by atoms with Gasteiger partial charge in [-0.15, -0.1) is 15.3 Å². The predicted octanol–water partition coefficient (Wildman–Crippen LogP) is 2.63. The van der Waals surface area contributed by atoms with Gasteiger partial charge in [0.05, 0.1) is 0 Å². The van der Waals surface area contributed by atoms with Crippen molar-refractivity contribution in [3.63, 3.8) is 0 Å². The second kappa shape index (κ2) is 10.8. The average Bonchev–Trinajstić information content (AvgIpc) is 3.27. The van der Waals surface area contributed by atoms with E-state index in [2.05, 4.69) is 41.4 Å². The van der Waals surface area contributed by atoms with Gasteiger partial charge in [-0.25, -0.2) is 0 Å². The third kappa shape index (κ3) is 5.67. The van der Waals surface area contributed by atoms with E-state index in [4.69, 9.17) is 11.6 Å². The maximum Gasteiger partial charge on any atom is 0.223 e. The van der Waals surface area contributed by atoms with Crippen molar-refractivity contribution in [1.82, 2.24) is 30.0 Å². The second-order valence-corrected chi connectivity index (χ2v) is 9.86. The molecule has 2 saturated heterocycles. The van der Waals surface area contributed by atoms with Crippen molar-refractivity contribution in [2.75, 3.05) is 62.2 Å². The summed E-state index contributed by atoms with van der Waals surface area (Å²) in [6.07, 6.45) is 2.67. The zero-order chi connectivity index (χ0) is 24.2. The molecule has 1 amide bonds. The summed E-state index contributed by atoms with van der Waals surface area (Å²) in [5.41, 5.74) is 1.95. The van der Waals surface area contributed by atoms with E-state index in [9.17, 15) is 4.79 Å². The van der Waals surface area contributed by atoms with Crippen molar-refractivity contribution in [3.8, 4) is 0 Å². The van der Waals surface area contributed by atoms with Crippen LogP contribution in [0.15, 0.2) is 36.4 Å². The molecular weight excluding hydrogens is 464 g/mol. The molecule has 2 aliphatic heterocycles. The van der Waals surface area contributed by atoms with E-state index in [-0.39, 0.29) is 11.8 Å². The van der Waals surface area contributed by atoms with Crippen LogP contribution >= 0.6 is 11.6 Å². The summed E-state index contributed by atoms with van der Waals surface area (Å²) in [6.45, 7) is 9.38. The van der Waals surface area contributed by atoms with Crippen molar-refractivity contribution in [2.45, 2.75) is 26.2 Å². The van der Waals surface area contributed by atoms with Crippen molar-refractivity contribution < 1.29 is 4.79 Å². The molecule has 2 fully saturated rings. The largest absolute Gasteiger partial charge is 0.369 e. The van der Waals surface area contributed by atoms with Crippen LogP contribution < -0.4 is 15.1 Å². The Kier molecular flexibility index (Phi) is 7.34. The standard InChI is InChI=1S/C25H33ClN8O/c1-19-28-29-23-6-7-24(30-34(19)23)33-12-8-20(9-13-33)25(35)27-10-3-11-31-14-16-32(17-15-31)22-5-2-4-21(26)18-22/h2,4-7,18,20H,3,8-17H2,1H3,(H,27,35). The summed E-state index contributed by atoms with van der Waals surface area (Å²) in [6, 6.07) is 12.0. The number of nitrogens with one attached hydrogen (secondary N) is 1. The normalized spacial score (nSPS) is 17.8. The molecule has 10 heteroatoms. The molecule has 0 radical (unpaired) electrons. The van der Waals surface area contributed by atoms with Crippen LogP contribution in [-0.4, -0.2) is 83.0 Å². The summed E-state index contributed by atoms with van der Waals surface area (Å²) < 4.78 is 1.77. The van der Waals surface area contributed by atoms with E-state index < -0.39 is 0 Å². The maximum atomic E-state index is 12.7. The van der Waals surface area contributed by atoms with Gasteiger partial charge < -0.3 is 15.1 Å². The van der Waals surface area contributed by atoms with Crippen molar-refractivity contribution >= 4 is 34.7 Å². The number of nitrogens with zero attached hydrogens (tertiary/aromatic N) is 7. The van der Waals surface area contributed by atoms with E-state index in [0.717, 1.165) is 93.9 Å². The minimum Gasteiger partial charge on any atom is -0.369 e. The summed E-state index contributed by atoms with van der Waals surface area (Å²) >= 11 is 6.13. The summed E-state index contributed by atoms with van der Waals surface area (Å²) in [4.78, 5) is 19.8. The van der Waals surface area contributed by atoms with Gasteiger partial charge in [-0.1, -0.05) is 17.7 Å². The monoisotopic (exact) mass is 496 g/mol. The van der Waals surface area contributed by atoms with Gasteiger partial charge in [-0.2, -0.15) is 4.52 Å². The number of benzene rings is 1. The summed E-state index contributed by atoms with van der Waals surface area (Å²) in [5, 5.41) is 16.8. The van der Waals surface area contributed by atoms with Crippen molar-refractivity contribution in [1.29, 1.82) is 0 Å². The van der Waals surface area contributed by atoms with Crippen LogP contribution in [0, 0.1) is 12.8 Å². The van der Waals surface area contributed by atoms with Crippen molar-refractivity contribution in [2.24, 2.45) is 5.92 Å². The number of anilines is 2. The number of fused-ring (bicyclic) bond motifs is 1. The number of carbonyl (C=O) groups excluding carboxylic acids is 1. The van der Waals surface area contributed by atoms with E-state index in [0.29, 0.717) is 0 Å². The zero-order valence-electron chi connectivity index (χ0n) is 20.2. The quantitative estimate of drug-likeness (QED) is 0.503. The highest BCUT2D eigenvalue weighted by molar-refractivity contribution is 6.30. The number of carbonyl (C=O) groups is 1. The Labute approximate surface area is 211 Å². The minimum atomic E-state index is 0.0767. The van der Waals surface area contributed by atoms with Gasteiger partial charge >= 0.3 is 0 Å². The molecule has 186 valence electrons. The van der Waals surface area contributed by atoms with Gasteiger partial charge in [0.15, 0.2) is 11.5 Å². The number of aromatic nitrogens is 4. The molecule has 35 heavy (non-hydrogen) atoms. The molecule has 0 atom stereocenters. The Morgan fingerprint density at radius 1 is 1.03 bits per heavy atom. The summed E-state index contributed by atoms with van der Waals surface area (Å²) in [7, 11) is 0. The topological polar surface area (TPSA) is 81.9 Å². The Hall–Kier alpha value is -2.91.